The maximum atomic E-state index is 11.6. The third-order valence-electron chi connectivity index (χ3n) is 3.01. The zero-order valence-corrected chi connectivity index (χ0v) is 11.1. The van der Waals surface area contributed by atoms with Gasteiger partial charge in [0.05, 0.1) is 6.61 Å². The molecule has 0 amide bonds. The minimum Gasteiger partial charge on any atom is -0.365 e. The van der Waals surface area contributed by atoms with Gasteiger partial charge in [-0.15, -0.1) is 0 Å². The molecule has 0 aliphatic rings. The molecule has 1 atom stereocenters. The number of rotatable bonds is 6. The minimum absolute atomic E-state index is 0.0692. The van der Waals surface area contributed by atoms with E-state index in [9.17, 15) is 4.79 Å². The second kappa shape index (κ2) is 6.86. The van der Waals surface area contributed by atoms with E-state index < -0.39 is 0 Å². The average Bonchev–Trinajstić information content (AvgIpc) is 2.45. The Balaban J connectivity index is 1.95. The van der Waals surface area contributed by atoms with Crippen LogP contribution in [0.4, 0.5) is 0 Å². The molecule has 0 aromatic heterocycles. The van der Waals surface area contributed by atoms with Gasteiger partial charge in [0.1, 0.15) is 6.10 Å². The molecule has 2 aromatic carbocycles. The second-order valence-corrected chi connectivity index (χ2v) is 4.59. The smallest absolute Gasteiger partial charge is 0.158 e. The fraction of sp³-hybridized carbons (Fsp3) is 0.235. The van der Waals surface area contributed by atoms with E-state index in [2.05, 4.69) is 0 Å². The first-order valence-corrected chi connectivity index (χ1v) is 6.45. The van der Waals surface area contributed by atoms with E-state index in [1.807, 2.05) is 60.7 Å². The van der Waals surface area contributed by atoms with Crippen LogP contribution in [0.25, 0.3) is 0 Å². The van der Waals surface area contributed by atoms with Crippen molar-refractivity contribution in [1.29, 1.82) is 0 Å². The topological polar surface area (TPSA) is 26.3 Å². The third-order valence-corrected chi connectivity index (χ3v) is 3.01. The molecule has 2 aromatic rings. The van der Waals surface area contributed by atoms with Gasteiger partial charge in [-0.25, -0.2) is 0 Å². The molecule has 0 bridgehead atoms. The quantitative estimate of drug-likeness (QED) is 0.789. The highest BCUT2D eigenvalue weighted by Gasteiger charge is 2.15. The summed E-state index contributed by atoms with van der Waals surface area (Å²) in [6, 6.07) is 19.9. The summed E-state index contributed by atoms with van der Waals surface area (Å²) in [5.74, 6) is 0.0692. The van der Waals surface area contributed by atoms with E-state index in [0.717, 1.165) is 11.1 Å². The predicted molar refractivity (Wildman–Crippen MR) is 75.8 cm³/mol. The van der Waals surface area contributed by atoms with E-state index >= 15 is 0 Å². The first-order valence-electron chi connectivity index (χ1n) is 6.45. The molecule has 0 heterocycles. The second-order valence-electron chi connectivity index (χ2n) is 4.59. The number of ether oxygens (including phenoxy) is 1. The Kier molecular flexibility index (Phi) is 4.87. The summed E-state index contributed by atoms with van der Waals surface area (Å²) < 4.78 is 5.74. The lowest BCUT2D eigenvalue weighted by Crippen LogP contribution is -2.24. The highest BCUT2D eigenvalue weighted by atomic mass is 16.5. The molecule has 0 spiro atoms. The van der Waals surface area contributed by atoms with Gasteiger partial charge >= 0.3 is 0 Å². The van der Waals surface area contributed by atoms with E-state index in [4.69, 9.17) is 4.74 Å². The molecule has 2 nitrogen and oxygen atoms in total. The molecule has 0 aliphatic heterocycles. The van der Waals surface area contributed by atoms with Crippen molar-refractivity contribution >= 4 is 5.78 Å². The summed E-state index contributed by atoms with van der Waals surface area (Å²) in [7, 11) is 0. The summed E-state index contributed by atoms with van der Waals surface area (Å²) in [5.41, 5.74) is 2.21. The van der Waals surface area contributed by atoms with E-state index in [1.54, 1.807) is 6.92 Å². The Morgan fingerprint density at radius 3 is 2.00 bits per heavy atom. The van der Waals surface area contributed by atoms with Gasteiger partial charge in [-0.3, -0.25) is 4.79 Å². The van der Waals surface area contributed by atoms with Crippen LogP contribution < -0.4 is 0 Å². The summed E-state index contributed by atoms with van der Waals surface area (Å²) in [5, 5.41) is 0. The number of hydrogen-bond acceptors (Lipinski definition) is 2. The van der Waals surface area contributed by atoms with Gasteiger partial charge in [0.2, 0.25) is 0 Å². The molecular formula is C17H18O2. The van der Waals surface area contributed by atoms with Gasteiger partial charge in [0, 0.05) is 6.42 Å². The molecule has 2 heteroatoms. The molecule has 2 rings (SSSR count). The van der Waals surface area contributed by atoms with Crippen molar-refractivity contribution in [1.82, 2.24) is 0 Å². The number of benzene rings is 2. The lowest BCUT2D eigenvalue weighted by atomic mass is 10.1. The Morgan fingerprint density at radius 2 is 1.47 bits per heavy atom. The maximum absolute atomic E-state index is 11.6. The number of ketones is 1. The fourth-order valence-electron chi connectivity index (χ4n) is 1.92. The molecule has 1 unspecified atom stereocenters. The van der Waals surface area contributed by atoms with Crippen LogP contribution in [0.3, 0.4) is 0 Å². The van der Waals surface area contributed by atoms with Gasteiger partial charge in [0.15, 0.2) is 5.78 Å². The Morgan fingerprint density at radius 1 is 0.947 bits per heavy atom. The number of carbonyl (C=O) groups excluding carboxylic acids is 1. The number of carbonyl (C=O) groups is 1. The molecule has 0 saturated heterocycles. The highest BCUT2D eigenvalue weighted by molar-refractivity contribution is 5.80. The Bertz CT molecular complexity index is 505. The molecule has 0 aliphatic carbocycles. The van der Waals surface area contributed by atoms with Gasteiger partial charge < -0.3 is 4.74 Å². The third kappa shape index (κ3) is 4.34. The standard InChI is InChI=1S/C17H18O2/c1-14(18)17(12-15-8-4-2-5-9-15)19-13-16-10-6-3-7-11-16/h2-11,17H,12-13H2,1H3. The fourth-order valence-corrected chi connectivity index (χ4v) is 1.92. The van der Waals surface area contributed by atoms with E-state index in [-0.39, 0.29) is 11.9 Å². The first-order chi connectivity index (χ1) is 9.25. The van der Waals surface area contributed by atoms with Crippen molar-refractivity contribution in [2.24, 2.45) is 0 Å². The molecule has 0 saturated carbocycles. The van der Waals surface area contributed by atoms with Crippen LogP contribution in [0.2, 0.25) is 0 Å². The van der Waals surface area contributed by atoms with Gasteiger partial charge in [-0.05, 0) is 18.1 Å². The van der Waals surface area contributed by atoms with Crippen LogP contribution in [-0.4, -0.2) is 11.9 Å². The zero-order chi connectivity index (χ0) is 13.5. The van der Waals surface area contributed by atoms with Gasteiger partial charge in [-0.2, -0.15) is 0 Å². The van der Waals surface area contributed by atoms with Crippen molar-refractivity contribution in [3.8, 4) is 0 Å². The molecule has 19 heavy (non-hydrogen) atoms. The lowest BCUT2D eigenvalue weighted by Gasteiger charge is -2.15. The molecule has 0 N–H and O–H groups in total. The van der Waals surface area contributed by atoms with Gasteiger partial charge in [-0.1, -0.05) is 60.7 Å². The van der Waals surface area contributed by atoms with Crippen molar-refractivity contribution in [2.45, 2.75) is 26.1 Å². The Hall–Kier alpha value is -1.93. The minimum atomic E-state index is -0.373. The number of hydrogen-bond donors (Lipinski definition) is 0. The largest absolute Gasteiger partial charge is 0.365 e. The SMILES string of the molecule is CC(=O)C(Cc1ccccc1)OCc1ccccc1. The summed E-state index contributed by atoms with van der Waals surface area (Å²) in [6.07, 6.45) is 0.255. The Labute approximate surface area is 114 Å². The van der Waals surface area contributed by atoms with Crippen molar-refractivity contribution in [3.63, 3.8) is 0 Å². The molecule has 0 fully saturated rings. The molecule has 98 valence electrons. The maximum Gasteiger partial charge on any atom is 0.158 e. The zero-order valence-electron chi connectivity index (χ0n) is 11.1. The monoisotopic (exact) mass is 254 g/mol. The summed E-state index contributed by atoms with van der Waals surface area (Å²) in [4.78, 5) is 11.6. The lowest BCUT2D eigenvalue weighted by molar-refractivity contribution is -0.129. The summed E-state index contributed by atoms with van der Waals surface area (Å²) >= 11 is 0. The van der Waals surface area contributed by atoms with E-state index in [0.29, 0.717) is 13.0 Å². The molecule has 0 radical (unpaired) electrons. The van der Waals surface area contributed by atoms with E-state index in [1.165, 1.54) is 0 Å². The van der Waals surface area contributed by atoms with Crippen molar-refractivity contribution < 1.29 is 9.53 Å². The highest BCUT2D eigenvalue weighted by Crippen LogP contribution is 2.10. The van der Waals surface area contributed by atoms with Crippen LogP contribution in [-0.2, 0) is 22.6 Å². The summed E-state index contributed by atoms with van der Waals surface area (Å²) in [6.45, 7) is 2.05. The normalized spacial score (nSPS) is 12.1. The van der Waals surface area contributed by atoms with Crippen LogP contribution in [0.5, 0.6) is 0 Å². The number of Topliss-reactive ketones (excluding diaryl/α,β-unsaturated/α-hetero) is 1. The average molecular weight is 254 g/mol. The first kappa shape index (κ1) is 13.5. The van der Waals surface area contributed by atoms with Crippen molar-refractivity contribution in [3.05, 3.63) is 71.8 Å². The predicted octanol–water partition coefficient (Wildman–Crippen LogP) is 3.40. The van der Waals surface area contributed by atoms with Crippen LogP contribution >= 0.6 is 0 Å². The van der Waals surface area contributed by atoms with Crippen LogP contribution in [0, 0.1) is 0 Å². The van der Waals surface area contributed by atoms with Crippen LogP contribution in [0.15, 0.2) is 60.7 Å². The van der Waals surface area contributed by atoms with Crippen molar-refractivity contribution in [2.75, 3.05) is 0 Å². The van der Waals surface area contributed by atoms with Gasteiger partial charge in [0.25, 0.3) is 0 Å². The van der Waals surface area contributed by atoms with Crippen LogP contribution in [0.1, 0.15) is 18.1 Å². The molecular weight excluding hydrogens is 236 g/mol.